The maximum atomic E-state index is 9.73. The van der Waals surface area contributed by atoms with E-state index in [9.17, 15) is 5.11 Å². The van der Waals surface area contributed by atoms with E-state index in [0.29, 0.717) is 6.61 Å². The second-order valence-corrected chi connectivity index (χ2v) is 4.73. The van der Waals surface area contributed by atoms with Crippen molar-refractivity contribution < 1.29 is 9.84 Å². The van der Waals surface area contributed by atoms with Gasteiger partial charge in [0, 0.05) is 18.8 Å². The standard InChI is InChI=1S/C14H16N2O2/c1-16-8-10(7-15-16)9-18-12-3-4-13-11(6-12)2-5-14(13)17/h3-4,6-8,14,17H,2,5,9H2,1H3. The lowest BCUT2D eigenvalue weighted by molar-refractivity contribution is 0.180. The summed E-state index contributed by atoms with van der Waals surface area (Å²) in [6.45, 7) is 0.523. The van der Waals surface area contributed by atoms with E-state index in [4.69, 9.17) is 4.74 Å². The zero-order valence-electron chi connectivity index (χ0n) is 10.3. The SMILES string of the molecule is Cn1cc(COc2ccc3c(c2)CCC3O)cn1. The zero-order valence-corrected chi connectivity index (χ0v) is 10.3. The van der Waals surface area contributed by atoms with Crippen LogP contribution in [-0.2, 0) is 20.1 Å². The molecule has 0 spiro atoms. The van der Waals surface area contributed by atoms with E-state index in [2.05, 4.69) is 5.10 Å². The van der Waals surface area contributed by atoms with Crippen molar-refractivity contribution in [1.29, 1.82) is 0 Å². The predicted molar refractivity (Wildman–Crippen MR) is 67.3 cm³/mol. The highest BCUT2D eigenvalue weighted by molar-refractivity contribution is 5.39. The van der Waals surface area contributed by atoms with Gasteiger partial charge in [-0.3, -0.25) is 4.68 Å². The molecule has 3 rings (SSSR count). The first-order chi connectivity index (χ1) is 8.72. The summed E-state index contributed by atoms with van der Waals surface area (Å²) < 4.78 is 7.49. The van der Waals surface area contributed by atoms with Gasteiger partial charge >= 0.3 is 0 Å². The number of fused-ring (bicyclic) bond motifs is 1. The topological polar surface area (TPSA) is 47.3 Å². The van der Waals surface area contributed by atoms with E-state index >= 15 is 0 Å². The number of nitrogens with zero attached hydrogens (tertiary/aromatic N) is 2. The van der Waals surface area contributed by atoms with Crippen LogP contribution in [0.5, 0.6) is 5.75 Å². The summed E-state index contributed by atoms with van der Waals surface area (Å²) in [5.41, 5.74) is 3.30. The van der Waals surface area contributed by atoms with Gasteiger partial charge in [-0.15, -0.1) is 0 Å². The molecule has 0 saturated carbocycles. The first kappa shape index (κ1) is 11.3. The molecule has 1 aromatic heterocycles. The van der Waals surface area contributed by atoms with Gasteiger partial charge in [0.15, 0.2) is 0 Å². The Hall–Kier alpha value is -1.81. The smallest absolute Gasteiger partial charge is 0.120 e. The Morgan fingerprint density at radius 3 is 3.17 bits per heavy atom. The van der Waals surface area contributed by atoms with E-state index in [1.807, 2.05) is 31.4 Å². The maximum absolute atomic E-state index is 9.73. The van der Waals surface area contributed by atoms with Crippen LogP contribution < -0.4 is 4.74 Å². The Bertz CT molecular complexity index is 563. The lowest BCUT2D eigenvalue weighted by Crippen LogP contribution is -1.96. The fourth-order valence-electron chi connectivity index (χ4n) is 2.37. The van der Waals surface area contributed by atoms with Crippen molar-refractivity contribution in [2.45, 2.75) is 25.6 Å². The van der Waals surface area contributed by atoms with Crippen LogP contribution in [0.15, 0.2) is 30.6 Å². The lowest BCUT2D eigenvalue weighted by Gasteiger charge is -2.08. The van der Waals surface area contributed by atoms with Crippen LogP contribution in [-0.4, -0.2) is 14.9 Å². The molecule has 94 valence electrons. The number of hydrogen-bond donors (Lipinski definition) is 1. The number of aliphatic hydroxyl groups is 1. The van der Waals surface area contributed by atoms with Crippen LogP contribution in [0.25, 0.3) is 0 Å². The molecule has 0 amide bonds. The molecule has 0 radical (unpaired) electrons. The van der Waals surface area contributed by atoms with E-state index in [-0.39, 0.29) is 6.10 Å². The third-order valence-corrected chi connectivity index (χ3v) is 3.32. The second-order valence-electron chi connectivity index (χ2n) is 4.73. The van der Waals surface area contributed by atoms with Gasteiger partial charge in [-0.1, -0.05) is 6.07 Å². The number of hydrogen-bond acceptors (Lipinski definition) is 3. The number of rotatable bonds is 3. The molecule has 0 aliphatic heterocycles. The van der Waals surface area contributed by atoms with Crippen LogP contribution in [0.3, 0.4) is 0 Å². The van der Waals surface area contributed by atoms with Gasteiger partial charge < -0.3 is 9.84 Å². The lowest BCUT2D eigenvalue weighted by atomic mass is 10.1. The highest BCUT2D eigenvalue weighted by Crippen LogP contribution is 2.33. The van der Waals surface area contributed by atoms with E-state index in [1.54, 1.807) is 10.9 Å². The molecule has 4 heteroatoms. The van der Waals surface area contributed by atoms with Crippen molar-refractivity contribution >= 4 is 0 Å². The summed E-state index contributed by atoms with van der Waals surface area (Å²) >= 11 is 0. The average Bonchev–Trinajstić information content (AvgIpc) is 2.94. The van der Waals surface area contributed by atoms with Crippen molar-refractivity contribution in [3.05, 3.63) is 47.3 Å². The van der Waals surface area contributed by atoms with Crippen LogP contribution >= 0.6 is 0 Å². The molecule has 1 heterocycles. The first-order valence-electron chi connectivity index (χ1n) is 6.13. The van der Waals surface area contributed by atoms with Crippen molar-refractivity contribution in [1.82, 2.24) is 9.78 Å². The zero-order chi connectivity index (χ0) is 12.5. The van der Waals surface area contributed by atoms with Gasteiger partial charge in [-0.2, -0.15) is 5.10 Å². The summed E-state index contributed by atoms with van der Waals surface area (Å²) in [6.07, 6.45) is 5.20. The molecule has 2 aromatic rings. The second kappa shape index (κ2) is 4.46. The third-order valence-electron chi connectivity index (χ3n) is 3.32. The third kappa shape index (κ3) is 2.11. The number of aryl methyl sites for hydroxylation is 2. The average molecular weight is 244 g/mol. The summed E-state index contributed by atoms with van der Waals surface area (Å²) in [6, 6.07) is 5.91. The maximum Gasteiger partial charge on any atom is 0.120 e. The largest absolute Gasteiger partial charge is 0.489 e. The molecule has 1 unspecified atom stereocenters. The van der Waals surface area contributed by atoms with Gasteiger partial charge in [-0.25, -0.2) is 0 Å². The van der Waals surface area contributed by atoms with Gasteiger partial charge in [-0.05, 0) is 36.1 Å². The monoisotopic (exact) mass is 244 g/mol. The first-order valence-corrected chi connectivity index (χ1v) is 6.13. The summed E-state index contributed by atoms with van der Waals surface area (Å²) in [5, 5.41) is 13.8. The minimum atomic E-state index is -0.299. The molecule has 1 aromatic carbocycles. The highest BCUT2D eigenvalue weighted by atomic mass is 16.5. The van der Waals surface area contributed by atoms with Gasteiger partial charge in [0.25, 0.3) is 0 Å². The van der Waals surface area contributed by atoms with Crippen LogP contribution in [0, 0.1) is 0 Å². The van der Waals surface area contributed by atoms with Crippen molar-refractivity contribution in [3.8, 4) is 5.75 Å². The molecule has 1 aliphatic rings. The minimum Gasteiger partial charge on any atom is -0.489 e. The molecule has 1 atom stereocenters. The molecule has 1 aliphatic carbocycles. The summed E-state index contributed by atoms with van der Waals surface area (Å²) in [7, 11) is 1.89. The quantitative estimate of drug-likeness (QED) is 0.898. The Kier molecular flexibility index (Phi) is 2.80. The molecule has 0 saturated heterocycles. The summed E-state index contributed by atoms with van der Waals surface area (Å²) in [5.74, 6) is 0.853. The Morgan fingerprint density at radius 1 is 1.50 bits per heavy atom. The molecule has 1 N–H and O–H groups in total. The van der Waals surface area contributed by atoms with Gasteiger partial charge in [0.1, 0.15) is 12.4 Å². The number of aliphatic hydroxyl groups excluding tert-OH is 1. The summed E-state index contributed by atoms with van der Waals surface area (Å²) in [4.78, 5) is 0. The number of aromatic nitrogens is 2. The molecule has 0 fully saturated rings. The Balaban J connectivity index is 1.70. The van der Waals surface area contributed by atoms with Gasteiger partial charge in [0.2, 0.25) is 0 Å². The number of benzene rings is 1. The molecule has 18 heavy (non-hydrogen) atoms. The molecular weight excluding hydrogens is 228 g/mol. The Morgan fingerprint density at radius 2 is 2.39 bits per heavy atom. The fourth-order valence-corrected chi connectivity index (χ4v) is 2.37. The molecular formula is C14H16N2O2. The normalized spacial score (nSPS) is 17.8. The minimum absolute atomic E-state index is 0.299. The molecule has 0 bridgehead atoms. The van der Waals surface area contributed by atoms with E-state index < -0.39 is 0 Å². The van der Waals surface area contributed by atoms with E-state index in [1.165, 1.54) is 5.56 Å². The van der Waals surface area contributed by atoms with Crippen molar-refractivity contribution in [3.63, 3.8) is 0 Å². The van der Waals surface area contributed by atoms with E-state index in [0.717, 1.165) is 29.7 Å². The van der Waals surface area contributed by atoms with Crippen LogP contribution in [0.2, 0.25) is 0 Å². The van der Waals surface area contributed by atoms with Crippen molar-refractivity contribution in [2.75, 3.05) is 0 Å². The van der Waals surface area contributed by atoms with Crippen molar-refractivity contribution in [2.24, 2.45) is 7.05 Å². The van der Waals surface area contributed by atoms with Crippen LogP contribution in [0.4, 0.5) is 0 Å². The predicted octanol–water partition coefficient (Wildman–Crippen LogP) is 1.98. The fraction of sp³-hybridized carbons (Fsp3) is 0.357. The Labute approximate surface area is 106 Å². The molecule has 4 nitrogen and oxygen atoms in total. The van der Waals surface area contributed by atoms with Gasteiger partial charge in [0.05, 0.1) is 12.3 Å². The highest BCUT2D eigenvalue weighted by Gasteiger charge is 2.20. The number of ether oxygens (including phenoxy) is 1. The van der Waals surface area contributed by atoms with Crippen LogP contribution in [0.1, 0.15) is 29.2 Å².